The highest BCUT2D eigenvalue weighted by Gasteiger charge is 1.95. The molecule has 0 aliphatic heterocycles. The molecular formula is C13H20O2. The Hall–Kier alpha value is -0.860. The maximum atomic E-state index is 9.01. The molecule has 0 saturated heterocycles. The number of aryl methyl sites for hydroxylation is 1. The summed E-state index contributed by atoms with van der Waals surface area (Å²) in [6, 6.07) is 10.4. The van der Waals surface area contributed by atoms with Crippen molar-refractivity contribution in [3.63, 3.8) is 0 Å². The van der Waals surface area contributed by atoms with Crippen molar-refractivity contribution in [3.8, 4) is 0 Å². The molecule has 1 rings (SSSR count). The summed E-state index contributed by atoms with van der Waals surface area (Å²) in [5, 5.41) is 9.01. The fourth-order valence-corrected chi connectivity index (χ4v) is 1.38. The van der Waals surface area contributed by atoms with E-state index in [2.05, 4.69) is 24.3 Å². The van der Waals surface area contributed by atoms with Crippen LogP contribution >= 0.6 is 0 Å². The molecule has 0 aliphatic rings. The number of hydrogen-bond donors (Lipinski definition) is 1. The van der Waals surface area contributed by atoms with Crippen LogP contribution < -0.4 is 0 Å². The zero-order valence-corrected chi connectivity index (χ0v) is 9.36. The van der Waals surface area contributed by atoms with Crippen molar-refractivity contribution < 1.29 is 9.84 Å². The van der Waals surface area contributed by atoms with Crippen LogP contribution in [-0.4, -0.2) is 24.4 Å². The standard InChI is InChI=1S/C13H20O2/c1-12(14)9-11-15-10-5-8-13-6-3-2-4-7-13/h2-4,6-7,12,14H,5,8-11H2,1H3. The second-order valence-electron chi connectivity index (χ2n) is 3.84. The van der Waals surface area contributed by atoms with E-state index in [1.54, 1.807) is 6.92 Å². The van der Waals surface area contributed by atoms with E-state index in [1.165, 1.54) is 5.56 Å². The minimum Gasteiger partial charge on any atom is -0.393 e. The Bertz CT molecular complexity index is 244. The molecule has 0 fully saturated rings. The summed E-state index contributed by atoms with van der Waals surface area (Å²) in [7, 11) is 0. The fourth-order valence-electron chi connectivity index (χ4n) is 1.38. The Balaban J connectivity index is 1.98. The van der Waals surface area contributed by atoms with Crippen LogP contribution in [0.25, 0.3) is 0 Å². The predicted molar refractivity (Wildman–Crippen MR) is 61.9 cm³/mol. The maximum Gasteiger partial charge on any atom is 0.0534 e. The first kappa shape index (κ1) is 12.2. The number of benzene rings is 1. The van der Waals surface area contributed by atoms with Crippen molar-refractivity contribution in [2.45, 2.75) is 32.3 Å². The van der Waals surface area contributed by atoms with Gasteiger partial charge in [-0.15, -0.1) is 0 Å². The molecule has 84 valence electrons. The summed E-state index contributed by atoms with van der Waals surface area (Å²) in [5.41, 5.74) is 1.36. The van der Waals surface area contributed by atoms with Crippen LogP contribution in [0.15, 0.2) is 30.3 Å². The van der Waals surface area contributed by atoms with Gasteiger partial charge >= 0.3 is 0 Å². The summed E-state index contributed by atoms with van der Waals surface area (Å²) in [6.45, 7) is 3.22. The van der Waals surface area contributed by atoms with Gasteiger partial charge in [0.15, 0.2) is 0 Å². The van der Waals surface area contributed by atoms with Crippen molar-refractivity contribution in [3.05, 3.63) is 35.9 Å². The van der Waals surface area contributed by atoms with E-state index < -0.39 is 0 Å². The minimum absolute atomic E-state index is 0.251. The van der Waals surface area contributed by atoms with E-state index in [-0.39, 0.29) is 6.10 Å². The Morgan fingerprint density at radius 1 is 1.20 bits per heavy atom. The lowest BCUT2D eigenvalue weighted by Crippen LogP contribution is -2.06. The molecule has 1 N–H and O–H groups in total. The summed E-state index contributed by atoms with van der Waals surface area (Å²) >= 11 is 0. The molecule has 2 nitrogen and oxygen atoms in total. The molecule has 0 spiro atoms. The first-order valence-electron chi connectivity index (χ1n) is 5.59. The molecule has 1 aromatic rings. The fraction of sp³-hybridized carbons (Fsp3) is 0.538. The molecule has 0 heterocycles. The van der Waals surface area contributed by atoms with Crippen LogP contribution in [-0.2, 0) is 11.2 Å². The Morgan fingerprint density at radius 3 is 2.60 bits per heavy atom. The normalized spacial score (nSPS) is 12.7. The summed E-state index contributed by atoms with van der Waals surface area (Å²) in [5.74, 6) is 0. The van der Waals surface area contributed by atoms with Crippen LogP contribution in [0.5, 0.6) is 0 Å². The maximum absolute atomic E-state index is 9.01. The van der Waals surface area contributed by atoms with Gasteiger partial charge in [-0.1, -0.05) is 30.3 Å². The van der Waals surface area contributed by atoms with Gasteiger partial charge in [0.05, 0.1) is 6.10 Å². The average molecular weight is 208 g/mol. The minimum atomic E-state index is -0.251. The average Bonchev–Trinajstić information content (AvgIpc) is 2.24. The van der Waals surface area contributed by atoms with Gasteiger partial charge in [-0.05, 0) is 31.7 Å². The van der Waals surface area contributed by atoms with Gasteiger partial charge in [-0.3, -0.25) is 0 Å². The number of hydrogen-bond acceptors (Lipinski definition) is 2. The molecule has 0 amide bonds. The third-order valence-corrected chi connectivity index (χ3v) is 2.28. The van der Waals surface area contributed by atoms with Crippen LogP contribution in [0.4, 0.5) is 0 Å². The highest BCUT2D eigenvalue weighted by atomic mass is 16.5. The molecule has 0 saturated carbocycles. The number of aliphatic hydroxyl groups is 1. The van der Waals surface area contributed by atoms with Crippen molar-refractivity contribution in [2.24, 2.45) is 0 Å². The van der Waals surface area contributed by atoms with E-state index in [0.29, 0.717) is 6.61 Å². The molecular weight excluding hydrogens is 188 g/mol. The summed E-state index contributed by atoms with van der Waals surface area (Å²) in [4.78, 5) is 0. The van der Waals surface area contributed by atoms with Crippen molar-refractivity contribution in [1.82, 2.24) is 0 Å². The molecule has 1 atom stereocenters. The Labute approximate surface area is 91.9 Å². The molecule has 0 bridgehead atoms. The highest BCUT2D eigenvalue weighted by Crippen LogP contribution is 2.02. The molecule has 0 radical (unpaired) electrons. The molecule has 2 heteroatoms. The van der Waals surface area contributed by atoms with Crippen LogP contribution in [0.3, 0.4) is 0 Å². The lowest BCUT2D eigenvalue weighted by atomic mass is 10.1. The third kappa shape index (κ3) is 6.26. The Morgan fingerprint density at radius 2 is 1.93 bits per heavy atom. The van der Waals surface area contributed by atoms with Gasteiger partial charge in [-0.2, -0.15) is 0 Å². The van der Waals surface area contributed by atoms with Gasteiger partial charge in [0, 0.05) is 13.2 Å². The number of ether oxygens (including phenoxy) is 1. The van der Waals surface area contributed by atoms with Crippen molar-refractivity contribution in [1.29, 1.82) is 0 Å². The van der Waals surface area contributed by atoms with Gasteiger partial charge in [0.2, 0.25) is 0 Å². The first-order valence-corrected chi connectivity index (χ1v) is 5.59. The highest BCUT2D eigenvalue weighted by molar-refractivity contribution is 5.14. The SMILES string of the molecule is CC(O)CCOCCCc1ccccc1. The van der Waals surface area contributed by atoms with Crippen molar-refractivity contribution in [2.75, 3.05) is 13.2 Å². The molecule has 15 heavy (non-hydrogen) atoms. The lowest BCUT2D eigenvalue weighted by molar-refractivity contribution is 0.0881. The van der Waals surface area contributed by atoms with Gasteiger partial charge < -0.3 is 9.84 Å². The van der Waals surface area contributed by atoms with E-state index in [9.17, 15) is 0 Å². The number of rotatable bonds is 7. The van der Waals surface area contributed by atoms with E-state index in [4.69, 9.17) is 9.84 Å². The second-order valence-corrected chi connectivity index (χ2v) is 3.84. The summed E-state index contributed by atoms with van der Waals surface area (Å²) in [6.07, 6.45) is 2.59. The van der Waals surface area contributed by atoms with E-state index in [0.717, 1.165) is 25.9 Å². The lowest BCUT2D eigenvalue weighted by Gasteiger charge is -2.05. The largest absolute Gasteiger partial charge is 0.393 e. The monoisotopic (exact) mass is 208 g/mol. The van der Waals surface area contributed by atoms with Crippen LogP contribution in [0, 0.1) is 0 Å². The van der Waals surface area contributed by atoms with Crippen LogP contribution in [0.1, 0.15) is 25.3 Å². The smallest absolute Gasteiger partial charge is 0.0534 e. The zero-order chi connectivity index (χ0) is 10.9. The van der Waals surface area contributed by atoms with E-state index >= 15 is 0 Å². The third-order valence-electron chi connectivity index (χ3n) is 2.28. The van der Waals surface area contributed by atoms with Crippen LogP contribution in [0.2, 0.25) is 0 Å². The predicted octanol–water partition coefficient (Wildman–Crippen LogP) is 2.41. The molecule has 1 aromatic carbocycles. The van der Waals surface area contributed by atoms with Crippen molar-refractivity contribution >= 4 is 0 Å². The van der Waals surface area contributed by atoms with E-state index in [1.807, 2.05) is 6.07 Å². The molecule has 0 aromatic heterocycles. The quantitative estimate of drug-likeness (QED) is 0.697. The number of aliphatic hydroxyl groups excluding tert-OH is 1. The second kappa shape index (κ2) is 7.43. The Kier molecular flexibility index (Phi) is 6.05. The topological polar surface area (TPSA) is 29.5 Å². The molecule has 0 aliphatic carbocycles. The van der Waals surface area contributed by atoms with Gasteiger partial charge in [0.1, 0.15) is 0 Å². The van der Waals surface area contributed by atoms with Gasteiger partial charge in [-0.25, -0.2) is 0 Å². The molecule has 1 unspecified atom stereocenters. The summed E-state index contributed by atoms with van der Waals surface area (Å²) < 4.78 is 5.41. The zero-order valence-electron chi connectivity index (χ0n) is 9.36. The first-order chi connectivity index (χ1) is 7.29. The van der Waals surface area contributed by atoms with Gasteiger partial charge in [0.25, 0.3) is 0 Å².